The van der Waals surface area contributed by atoms with Gasteiger partial charge in [-0.15, -0.1) is 0 Å². The second-order valence-electron chi connectivity index (χ2n) is 5.72. The summed E-state index contributed by atoms with van der Waals surface area (Å²) >= 11 is 1.15. The summed E-state index contributed by atoms with van der Waals surface area (Å²) in [5, 5.41) is 1.80. The van der Waals surface area contributed by atoms with Gasteiger partial charge in [0.05, 0.1) is 0 Å². The van der Waals surface area contributed by atoms with E-state index in [1.54, 1.807) is 9.95 Å². The van der Waals surface area contributed by atoms with Crippen molar-refractivity contribution in [2.24, 2.45) is 4.99 Å². The molecule has 0 spiro atoms. The molecule has 0 aliphatic heterocycles. The normalized spacial score (nSPS) is 11.6. The molecule has 1 amide bonds. The van der Waals surface area contributed by atoms with Crippen molar-refractivity contribution in [1.82, 2.24) is 9.13 Å². The molecular weight excluding hydrogens is 334 g/mol. The van der Waals surface area contributed by atoms with E-state index in [0.29, 0.717) is 18.6 Å². The number of benzene rings is 1. The second-order valence-corrected chi connectivity index (χ2v) is 6.54. The number of carbonyl (C=O) groups is 1. The molecule has 1 aromatic carbocycles. The number of nitrogens with zero attached hydrogens (tertiary/aromatic N) is 3. The van der Waals surface area contributed by atoms with Crippen molar-refractivity contribution >= 4 is 17.2 Å². The van der Waals surface area contributed by atoms with Crippen molar-refractivity contribution < 1.29 is 4.79 Å². The van der Waals surface area contributed by atoms with E-state index in [2.05, 4.69) is 4.99 Å². The lowest BCUT2D eigenvalue weighted by atomic mass is 10.2. The number of thiazole rings is 1. The van der Waals surface area contributed by atoms with Crippen LogP contribution in [0.15, 0.2) is 69.9 Å². The lowest BCUT2D eigenvalue weighted by Crippen LogP contribution is -2.23. The number of rotatable bonds is 5. The Hall–Kier alpha value is -2.73. The molecule has 3 aromatic rings. The first-order chi connectivity index (χ1) is 12.1. The Bertz CT molecular complexity index is 983. The zero-order valence-corrected chi connectivity index (χ0v) is 14.8. The molecule has 0 saturated carbocycles. The van der Waals surface area contributed by atoms with Gasteiger partial charge in [0.25, 0.3) is 0 Å². The van der Waals surface area contributed by atoms with Crippen molar-refractivity contribution in [3.05, 3.63) is 86.5 Å². The highest BCUT2D eigenvalue weighted by molar-refractivity contribution is 7.07. The van der Waals surface area contributed by atoms with Gasteiger partial charge in [-0.2, -0.15) is 4.99 Å². The first-order valence-corrected chi connectivity index (χ1v) is 8.93. The number of pyridine rings is 1. The van der Waals surface area contributed by atoms with Crippen LogP contribution in [0.5, 0.6) is 0 Å². The van der Waals surface area contributed by atoms with Crippen LogP contribution >= 0.6 is 11.3 Å². The Morgan fingerprint density at radius 3 is 2.60 bits per heavy atom. The van der Waals surface area contributed by atoms with E-state index in [0.717, 1.165) is 22.6 Å². The maximum atomic E-state index is 12.2. The third kappa shape index (κ3) is 4.42. The summed E-state index contributed by atoms with van der Waals surface area (Å²) in [6.07, 6.45) is 2.12. The summed E-state index contributed by atoms with van der Waals surface area (Å²) in [6, 6.07) is 15.6. The summed E-state index contributed by atoms with van der Waals surface area (Å²) < 4.78 is 3.55. The minimum Gasteiger partial charge on any atom is -0.329 e. The number of carbonyl (C=O) groups excluding carboxylic acids is 1. The molecule has 5 nitrogen and oxygen atoms in total. The van der Waals surface area contributed by atoms with Gasteiger partial charge in [-0.05, 0) is 24.6 Å². The Morgan fingerprint density at radius 2 is 1.88 bits per heavy atom. The molecular formula is C19H19N3O2S. The van der Waals surface area contributed by atoms with Crippen LogP contribution in [0.2, 0.25) is 0 Å². The topological polar surface area (TPSA) is 56.4 Å². The van der Waals surface area contributed by atoms with Crippen molar-refractivity contribution in [3.8, 4) is 0 Å². The number of hydrogen-bond donors (Lipinski definition) is 0. The van der Waals surface area contributed by atoms with Crippen molar-refractivity contribution in [2.75, 3.05) is 0 Å². The number of hydrogen-bond acceptors (Lipinski definition) is 3. The molecule has 2 aromatic heterocycles. The molecule has 25 heavy (non-hydrogen) atoms. The van der Waals surface area contributed by atoms with Gasteiger partial charge in [0.2, 0.25) is 5.91 Å². The van der Waals surface area contributed by atoms with Crippen LogP contribution in [0, 0.1) is 6.92 Å². The summed E-state index contributed by atoms with van der Waals surface area (Å²) in [4.78, 5) is 28.1. The SMILES string of the molecule is Cc1csc(=O)n1CCC(=O)N=c1ccccn1Cc1ccccc1. The first-order valence-electron chi connectivity index (χ1n) is 8.05. The van der Waals surface area contributed by atoms with Gasteiger partial charge < -0.3 is 9.13 Å². The number of amides is 1. The van der Waals surface area contributed by atoms with Gasteiger partial charge >= 0.3 is 4.87 Å². The molecule has 128 valence electrons. The van der Waals surface area contributed by atoms with Gasteiger partial charge in [-0.3, -0.25) is 9.59 Å². The van der Waals surface area contributed by atoms with E-state index >= 15 is 0 Å². The number of aromatic nitrogens is 2. The minimum absolute atomic E-state index is 0.0378. The molecule has 3 rings (SSSR count). The van der Waals surface area contributed by atoms with Gasteiger partial charge in [0.1, 0.15) is 5.49 Å². The highest BCUT2D eigenvalue weighted by atomic mass is 32.1. The van der Waals surface area contributed by atoms with Crippen molar-refractivity contribution in [3.63, 3.8) is 0 Å². The van der Waals surface area contributed by atoms with Gasteiger partial charge in [-0.25, -0.2) is 0 Å². The summed E-state index contributed by atoms with van der Waals surface area (Å²) in [7, 11) is 0. The van der Waals surface area contributed by atoms with E-state index in [9.17, 15) is 9.59 Å². The minimum atomic E-state index is -0.231. The van der Waals surface area contributed by atoms with E-state index in [1.807, 2.05) is 66.2 Å². The zero-order valence-electron chi connectivity index (χ0n) is 14.0. The average molecular weight is 353 g/mol. The molecule has 0 N–H and O–H groups in total. The van der Waals surface area contributed by atoms with Crippen molar-refractivity contribution in [2.45, 2.75) is 26.4 Å². The van der Waals surface area contributed by atoms with Crippen molar-refractivity contribution in [1.29, 1.82) is 0 Å². The Labute approximate surface area is 149 Å². The zero-order chi connectivity index (χ0) is 17.6. The predicted molar refractivity (Wildman–Crippen MR) is 98.5 cm³/mol. The summed E-state index contributed by atoms with van der Waals surface area (Å²) in [5.41, 5.74) is 2.63. The molecule has 0 bridgehead atoms. The van der Waals surface area contributed by atoms with E-state index in [-0.39, 0.29) is 17.2 Å². The van der Waals surface area contributed by atoms with Crippen LogP contribution in [0.25, 0.3) is 0 Å². The summed E-state index contributed by atoms with van der Waals surface area (Å²) in [5.74, 6) is -0.231. The van der Waals surface area contributed by atoms with Crippen LogP contribution < -0.4 is 10.4 Å². The standard InChI is InChI=1S/C19H19N3O2S/c1-15-14-25-19(24)22(15)12-10-18(23)20-17-9-5-6-11-21(17)13-16-7-3-2-4-8-16/h2-9,11,14H,10,12-13H2,1H3. The van der Waals surface area contributed by atoms with Crippen LogP contribution in [-0.2, 0) is 17.9 Å². The molecule has 6 heteroatoms. The van der Waals surface area contributed by atoms with Crippen LogP contribution in [0.4, 0.5) is 0 Å². The summed E-state index contributed by atoms with van der Waals surface area (Å²) in [6.45, 7) is 2.88. The smallest absolute Gasteiger partial charge is 0.307 e. The second kappa shape index (κ2) is 7.90. The van der Waals surface area contributed by atoms with Crippen LogP contribution in [-0.4, -0.2) is 15.0 Å². The molecule has 0 fully saturated rings. The maximum Gasteiger partial charge on any atom is 0.307 e. The Kier molecular flexibility index (Phi) is 5.40. The predicted octanol–water partition coefficient (Wildman–Crippen LogP) is 2.59. The Morgan fingerprint density at radius 1 is 1.12 bits per heavy atom. The fraction of sp³-hybridized carbons (Fsp3) is 0.211. The average Bonchev–Trinajstić information content (AvgIpc) is 2.94. The fourth-order valence-corrected chi connectivity index (χ4v) is 3.31. The molecule has 0 atom stereocenters. The fourth-order valence-electron chi connectivity index (χ4n) is 2.55. The largest absolute Gasteiger partial charge is 0.329 e. The highest BCUT2D eigenvalue weighted by Crippen LogP contribution is 2.02. The molecule has 2 heterocycles. The van der Waals surface area contributed by atoms with E-state index in [4.69, 9.17) is 0 Å². The monoisotopic (exact) mass is 353 g/mol. The highest BCUT2D eigenvalue weighted by Gasteiger charge is 2.06. The van der Waals surface area contributed by atoms with Crippen LogP contribution in [0.3, 0.4) is 0 Å². The molecule has 0 aliphatic rings. The Balaban J connectivity index is 1.76. The quantitative estimate of drug-likeness (QED) is 0.708. The number of aryl methyl sites for hydroxylation is 1. The first kappa shape index (κ1) is 17.1. The lowest BCUT2D eigenvalue weighted by molar-refractivity contribution is -0.118. The molecule has 0 saturated heterocycles. The van der Waals surface area contributed by atoms with E-state index < -0.39 is 0 Å². The third-order valence-electron chi connectivity index (χ3n) is 3.88. The van der Waals surface area contributed by atoms with Gasteiger partial charge in [0, 0.05) is 36.8 Å². The van der Waals surface area contributed by atoms with Gasteiger partial charge in [0.15, 0.2) is 0 Å². The molecule has 0 aliphatic carbocycles. The van der Waals surface area contributed by atoms with Gasteiger partial charge in [-0.1, -0.05) is 47.7 Å². The maximum absolute atomic E-state index is 12.2. The molecule has 0 radical (unpaired) electrons. The third-order valence-corrected chi connectivity index (χ3v) is 4.76. The van der Waals surface area contributed by atoms with Crippen LogP contribution in [0.1, 0.15) is 17.7 Å². The van der Waals surface area contributed by atoms with E-state index in [1.165, 1.54) is 0 Å². The lowest BCUT2D eigenvalue weighted by Gasteiger charge is -2.07. The molecule has 0 unspecified atom stereocenters.